The number of carboxylic acid groups (broad SMARTS) is 1. The fourth-order valence-electron chi connectivity index (χ4n) is 3.70. The van der Waals surface area contributed by atoms with Crippen LogP contribution in [0.3, 0.4) is 0 Å². The maximum absolute atomic E-state index is 13.5. The number of fused-ring (bicyclic) bond motifs is 1. The quantitative estimate of drug-likeness (QED) is 0.238. The van der Waals surface area contributed by atoms with Crippen LogP contribution in [-0.2, 0) is 9.53 Å². The molecule has 0 spiro atoms. The third kappa shape index (κ3) is 5.80. The maximum Gasteiger partial charge on any atom is 0.337 e. The van der Waals surface area contributed by atoms with Crippen LogP contribution in [0, 0.1) is 0 Å². The molecule has 4 rings (SSSR count). The molecule has 0 saturated heterocycles. The highest BCUT2D eigenvalue weighted by molar-refractivity contribution is 7.21. The van der Waals surface area contributed by atoms with Gasteiger partial charge in [0.1, 0.15) is 11.4 Å². The van der Waals surface area contributed by atoms with Crippen LogP contribution in [0.15, 0.2) is 66.7 Å². The molecule has 38 heavy (non-hydrogen) atoms. The van der Waals surface area contributed by atoms with Crippen molar-refractivity contribution in [3.8, 4) is 0 Å². The maximum atomic E-state index is 13.5. The summed E-state index contributed by atoms with van der Waals surface area (Å²) in [6, 6.07) is 17.2. The van der Waals surface area contributed by atoms with E-state index in [1.165, 1.54) is 23.1 Å². The van der Waals surface area contributed by atoms with E-state index in [0.717, 1.165) is 16.0 Å². The molecule has 2 amide bonds. The predicted molar refractivity (Wildman–Crippen MR) is 148 cm³/mol. The number of esters is 1. The molecule has 0 unspecified atom stereocenters. The Labute approximate surface area is 231 Å². The lowest BCUT2D eigenvalue weighted by Crippen LogP contribution is -2.36. The number of thiophene rings is 1. The van der Waals surface area contributed by atoms with Crippen LogP contribution in [0.5, 0.6) is 0 Å². The summed E-state index contributed by atoms with van der Waals surface area (Å²) in [5.74, 6) is -3.18. The molecule has 0 aliphatic carbocycles. The second-order valence-electron chi connectivity index (χ2n) is 7.93. The molecule has 3 aromatic carbocycles. The van der Waals surface area contributed by atoms with Crippen molar-refractivity contribution in [2.24, 2.45) is 0 Å². The average Bonchev–Trinajstić information content (AvgIpc) is 3.24. The van der Waals surface area contributed by atoms with Crippen molar-refractivity contribution >= 4 is 79.8 Å². The van der Waals surface area contributed by atoms with E-state index in [2.05, 4.69) is 5.32 Å². The van der Waals surface area contributed by atoms with Gasteiger partial charge in [0.25, 0.3) is 11.8 Å². The van der Waals surface area contributed by atoms with Gasteiger partial charge in [-0.1, -0.05) is 41.4 Å². The first-order chi connectivity index (χ1) is 18.2. The van der Waals surface area contributed by atoms with Crippen LogP contribution in [0.25, 0.3) is 10.1 Å². The summed E-state index contributed by atoms with van der Waals surface area (Å²) in [5, 5.41) is 13.7. The molecule has 0 aliphatic heterocycles. The third-order valence-corrected chi connectivity index (χ3v) is 7.39. The van der Waals surface area contributed by atoms with Crippen molar-refractivity contribution in [3.63, 3.8) is 0 Å². The molecule has 194 valence electrons. The van der Waals surface area contributed by atoms with E-state index in [4.69, 9.17) is 27.9 Å². The van der Waals surface area contributed by atoms with Gasteiger partial charge in [-0.15, -0.1) is 11.3 Å². The third-order valence-electron chi connectivity index (χ3n) is 5.46. The van der Waals surface area contributed by atoms with Gasteiger partial charge in [-0.05, 0) is 55.5 Å². The minimum absolute atomic E-state index is 0.0342. The number of anilines is 2. The Balaban J connectivity index is 1.70. The van der Waals surface area contributed by atoms with Crippen molar-refractivity contribution < 1.29 is 29.0 Å². The number of benzene rings is 3. The van der Waals surface area contributed by atoms with Crippen LogP contribution in [-0.4, -0.2) is 42.0 Å². The first-order valence-electron chi connectivity index (χ1n) is 11.3. The Morgan fingerprint density at radius 3 is 2.37 bits per heavy atom. The van der Waals surface area contributed by atoms with Crippen molar-refractivity contribution in [1.29, 1.82) is 0 Å². The molecule has 11 heteroatoms. The number of nitrogens with zero attached hydrogens (tertiary/aromatic N) is 1. The Hall–Kier alpha value is -3.92. The summed E-state index contributed by atoms with van der Waals surface area (Å²) >= 11 is 13.6. The van der Waals surface area contributed by atoms with E-state index in [1.54, 1.807) is 43.3 Å². The summed E-state index contributed by atoms with van der Waals surface area (Å²) in [6.45, 7) is 1.38. The number of rotatable bonds is 8. The lowest BCUT2D eigenvalue weighted by atomic mass is 10.1. The Bertz CT molecular complexity index is 1550. The fourth-order valence-corrected chi connectivity index (χ4v) is 5.24. The van der Waals surface area contributed by atoms with E-state index in [1.807, 2.05) is 12.1 Å². The van der Waals surface area contributed by atoms with Gasteiger partial charge in [-0.25, -0.2) is 4.79 Å². The minimum atomic E-state index is -1.30. The van der Waals surface area contributed by atoms with Crippen molar-refractivity contribution in [2.45, 2.75) is 6.92 Å². The molecule has 0 bridgehead atoms. The van der Waals surface area contributed by atoms with Gasteiger partial charge in [-0.3, -0.25) is 19.3 Å². The largest absolute Gasteiger partial charge is 0.478 e. The first-order valence-corrected chi connectivity index (χ1v) is 12.9. The van der Waals surface area contributed by atoms with Gasteiger partial charge in [0.2, 0.25) is 0 Å². The number of hydrogen-bond acceptors (Lipinski definition) is 6. The van der Waals surface area contributed by atoms with Crippen LogP contribution >= 0.6 is 34.5 Å². The zero-order chi connectivity index (χ0) is 27.4. The van der Waals surface area contributed by atoms with Crippen molar-refractivity contribution in [3.05, 3.63) is 92.8 Å². The number of carboxylic acids is 1. The van der Waals surface area contributed by atoms with Gasteiger partial charge in [0.05, 0.1) is 22.9 Å². The Morgan fingerprint density at radius 2 is 1.71 bits per heavy atom. The SMILES string of the molecule is CCOC(=O)CN(C(=O)c1ccc(C(=O)O)c(NC(=O)c2sc3ccccc3c2Cl)c1)c1ccc(Cl)cc1. The lowest BCUT2D eigenvalue weighted by molar-refractivity contribution is -0.141. The minimum Gasteiger partial charge on any atom is -0.478 e. The molecule has 0 aliphatic rings. The van der Waals surface area contributed by atoms with Gasteiger partial charge < -0.3 is 15.2 Å². The molecular weight excluding hydrogens is 551 g/mol. The lowest BCUT2D eigenvalue weighted by Gasteiger charge is -2.22. The summed E-state index contributed by atoms with van der Waals surface area (Å²) in [6.07, 6.45) is 0. The summed E-state index contributed by atoms with van der Waals surface area (Å²) in [4.78, 5) is 52.2. The standard InChI is InChI=1S/C27H20Cl2N2O6S/c1-2-37-22(32)14-31(17-10-8-16(28)9-11-17)26(34)15-7-12-18(27(35)36)20(13-15)30-25(33)24-23(29)19-5-3-4-6-21(19)38-24/h3-13H,2,14H2,1H3,(H,30,33)(H,35,36). The normalized spacial score (nSPS) is 10.7. The first kappa shape index (κ1) is 27.1. The number of amides is 2. The molecule has 1 heterocycles. The molecule has 0 saturated carbocycles. The number of nitrogens with one attached hydrogen (secondary N) is 1. The molecule has 8 nitrogen and oxygen atoms in total. The van der Waals surface area contributed by atoms with Crippen LogP contribution in [0.1, 0.15) is 37.3 Å². The number of aromatic carboxylic acids is 1. The van der Waals surface area contributed by atoms with E-state index in [0.29, 0.717) is 16.1 Å². The monoisotopic (exact) mass is 570 g/mol. The smallest absolute Gasteiger partial charge is 0.337 e. The Morgan fingerprint density at radius 1 is 1.00 bits per heavy atom. The van der Waals surface area contributed by atoms with Crippen molar-refractivity contribution in [2.75, 3.05) is 23.4 Å². The molecule has 2 N–H and O–H groups in total. The number of halogens is 2. The Kier molecular flexibility index (Phi) is 8.31. The van der Waals surface area contributed by atoms with Gasteiger partial charge in [-0.2, -0.15) is 0 Å². The highest BCUT2D eigenvalue weighted by Crippen LogP contribution is 2.36. The second-order valence-corrected chi connectivity index (χ2v) is 9.80. The topological polar surface area (TPSA) is 113 Å². The van der Waals surface area contributed by atoms with E-state index >= 15 is 0 Å². The van der Waals surface area contributed by atoms with Gasteiger partial charge in [0.15, 0.2) is 0 Å². The molecular formula is C27H20Cl2N2O6S. The molecule has 0 radical (unpaired) electrons. The highest BCUT2D eigenvalue weighted by atomic mass is 35.5. The summed E-state index contributed by atoms with van der Waals surface area (Å²) in [5.41, 5.74) is 0.0778. The predicted octanol–water partition coefficient (Wildman–Crippen LogP) is 6.37. The molecule has 1 aromatic heterocycles. The number of ether oxygens (including phenoxy) is 1. The average molecular weight is 571 g/mol. The van der Waals surface area contributed by atoms with E-state index < -0.39 is 30.3 Å². The summed E-state index contributed by atoms with van der Waals surface area (Å²) < 4.78 is 5.80. The zero-order valence-corrected chi connectivity index (χ0v) is 22.2. The van der Waals surface area contributed by atoms with Crippen LogP contribution < -0.4 is 10.2 Å². The number of carbonyl (C=O) groups is 4. The molecule has 4 aromatic rings. The molecule has 0 fully saturated rings. The van der Waals surface area contributed by atoms with E-state index in [-0.39, 0.29) is 33.3 Å². The zero-order valence-electron chi connectivity index (χ0n) is 19.9. The van der Waals surface area contributed by atoms with E-state index in [9.17, 15) is 24.3 Å². The van der Waals surface area contributed by atoms with Gasteiger partial charge in [0, 0.05) is 26.4 Å². The number of carbonyl (C=O) groups excluding carboxylic acids is 3. The molecule has 0 atom stereocenters. The highest BCUT2D eigenvalue weighted by Gasteiger charge is 2.25. The summed E-state index contributed by atoms with van der Waals surface area (Å²) in [7, 11) is 0. The van der Waals surface area contributed by atoms with Crippen LogP contribution in [0.2, 0.25) is 10.0 Å². The second kappa shape index (κ2) is 11.6. The van der Waals surface area contributed by atoms with Gasteiger partial charge >= 0.3 is 11.9 Å². The van der Waals surface area contributed by atoms with Crippen LogP contribution in [0.4, 0.5) is 11.4 Å². The fraction of sp³-hybridized carbons (Fsp3) is 0.111. The van der Waals surface area contributed by atoms with Crippen molar-refractivity contribution in [1.82, 2.24) is 0 Å². The number of hydrogen-bond donors (Lipinski definition) is 2.